The summed E-state index contributed by atoms with van der Waals surface area (Å²) < 4.78 is 0. The molecule has 0 saturated carbocycles. The maximum absolute atomic E-state index is 11.6. The zero-order valence-electron chi connectivity index (χ0n) is 9.49. The lowest BCUT2D eigenvalue weighted by Gasteiger charge is -2.28. The van der Waals surface area contributed by atoms with Crippen LogP contribution < -0.4 is 16.0 Å². The van der Waals surface area contributed by atoms with Crippen LogP contribution >= 0.6 is 0 Å². The molecule has 1 aromatic carbocycles. The van der Waals surface area contributed by atoms with E-state index in [2.05, 4.69) is 11.4 Å². The monoisotopic (exact) mass is 219 g/mol. The molecule has 1 heterocycles. The number of rotatable bonds is 3. The maximum Gasteiger partial charge on any atom is 0.228 e. The first kappa shape index (κ1) is 11.1. The summed E-state index contributed by atoms with van der Waals surface area (Å²) in [5.74, 6) is 0.122. The van der Waals surface area contributed by atoms with Crippen LogP contribution in [0, 0.1) is 0 Å². The van der Waals surface area contributed by atoms with Gasteiger partial charge in [0.05, 0.1) is 6.67 Å². The van der Waals surface area contributed by atoms with E-state index in [4.69, 9.17) is 5.73 Å². The first-order valence-electron chi connectivity index (χ1n) is 5.53. The number of hydrogen-bond acceptors (Lipinski definition) is 3. The van der Waals surface area contributed by atoms with Crippen molar-refractivity contribution < 1.29 is 4.79 Å². The summed E-state index contributed by atoms with van der Waals surface area (Å²) >= 11 is 0. The van der Waals surface area contributed by atoms with Crippen molar-refractivity contribution in [2.45, 2.75) is 19.4 Å². The number of amides is 1. The van der Waals surface area contributed by atoms with Gasteiger partial charge in [-0.05, 0) is 30.7 Å². The molecule has 1 aromatic rings. The molecule has 0 saturated heterocycles. The minimum atomic E-state index is 0.122. The van der Waals surface area contributed by atoms with E-state index in [-0.39, 0.29) is 12.6 Å². The smallest absolute Gasteiger partial charge is 0.228 e. The number of carbonyl (C=O) groups excluding carboxylic acids is 1. The number of fused-ring (bicyclic) bond motifs is 1. The summed E-state index contributed by atoms with van der Waals surface area (Å²) in [5.41, 5.74) is 9.03. The molecule has 16 heavy (non-hydrogen) atoms. The number of nitrogens with two attached hydrogens (primary N) is 1. The van der Waals surface area contributed by atoms with E-state index in [1.807, 2.05) is 19.2 Å². The summed E-state index contributed by atoms with van der Waals surface area (Å²) in [4.78, 5) is 13.3. The highest BCUT2D eigenvalue weighted by Crippen LogP contribution is 2.27. The molecular weight excluding hydrogens is 202 g/mol. The molecule has 86 valence electrons. The number of anilines is 1. The first-order valence-corrected chi connectivity index (χ1v) is 5.53. The van der Waals surface area contributed by atoms with Gasteiger partial charge in [0.1, 0.15) is 0 Å². The first-order chi connectivity index (χ1) is 7.76. The standard InChI is InChI=1S/C12H17N3O/c1-14-7-9-2-4-11-10(6-9)3-5-12(16)15(11)8-13/h2,4,6,14H,3,5,7-8,13H2,1H3. The Labute approximate surface area is 95.4 Å². The number of hydrogen-bond donors (Lipinski definition) is 2. The second-order valence-corrected chi connectivity index (χ2v) is 4.00. The zero-order valence-corrected chi connectivity index (χ0v) is 9.49. The predicted molar refractivity (Wildman–Crippen MR) is 64.1 cm³/mol. The van der Waals surface area contributed by atoms with Crippen LogP contribution in [-0.2, 0) is 17.8 Å². The maximum atomic E-state index is 11.6. The molecule has 0 aromatic heterocycles. The molecule has 0 fully saturated rings. The molecule has 1 aliphatic heterocycles. The van der Waals surface area contributed by atoms with Crippen LogP contribution in [0.4, 0.5) is 5.69 Å². The van der Waals surface area contributed by atoms with Crippen molar-refractivity contribution in [3.8, 4) is 0 Å². The van der Waals surface area contributed by atoms with Gasteiger partial charge < -0.3 is 11.1 Å². The second-order valence-electron chi connectivity index (χ2n) is 4.00. The van der Waals surface area contributed by atoms with Crippen molar-refractivity contribution in [3.05, 3.63) is 29.3 Å². The Bertz CT molecular complexity index is 403. The molecule has 0 aliphatic carbocycles. The molecular formula is C12H17N3O. The Hall–Kier alpha value is -1.39. The Balaban J connectivity index is 2.34. The number of aryl methyl sites for hydroxylation is 1. The minimum Gasteiger partial charge on any atom is -0.316 e. The van der Waals surface area contributed by atoms with E-state index in [0.717, 1.165) is 18.7 Å². The van der Waals surface area contributed by atoms with Gasteiger partial charge in [-0.3, -0.25) is 9.69 Å². The van der Waals surface area contributed by atoms with E-state index in [1.165, 1.54) is 11.1 Å². The van der Waals surface area contributed by atoms with Gasteiger partial charge in [-0.15, -0.1) is 0 Å². The summed E-state index contributed by atoms with van der Waals surface area (Å²) in [5, 5.41) is 3.12. The Morgan fingerprint density at radius 3 is 2.94 bits per heavy atom. The summed E-state index contributed by atoms with van der Waals surface area (Å²) in [7, 11) is 1.93. The van der Waals surface area contributed by atoms with E-state index in [9.17, 15) is 4.79 Å². The topological polar surface area (TPSA) is 58.4 Å². The van der Waals surface area contributed by atoms with E-state index >= 15 is 0 Å². The normalized spacial score (nSPS) is 15.1. The van der Waals surface area contributed by atoms with Crippen LogP contribution in [-0.4, -0.2) is 19.6 Å². The van der Waals surface area contributed by atoms with Gasteiger partial charge in [-0.1, -0.05) is 12.1 Å². The third-order valence-corrected chi connectivity index (χ3v) is 2.91. The average Bonchev–Trinajstić information content (AvgIpc) is 2.30. The lowest BCUT2D eigenvalue weighted by molar-refractivity contribution is -0.118. The minimum absolute atomic E-state index is 0.122. The summed E-state index contributed by atoms with van der Waals surface area (Å²) in [6.45, 7) is 1.11. The highest BCUT2D eigenvalue weighted by Gasteiger charge is 2.22. The fourth-order valence-electron chi connectivity index (χ4n) is 2.13. The van der Waals surface area contributed by atoms with Crippen LogP contribution in [0.25, 0.3) is 0 Å². The number of nitrogens with zero attached hydrogens (tertiary/aromatic N) is 1. The van der Waals surface area contributed by atoms with Gasteiger partial charge in [-0.2, -0.15) is 0 Å². The van der Waals surface area contributed by atoms with Gasteiger partial charge in [0, 0.05) is 18.7 Å². The van der Waals surface area contributed by atoms with Gasteiger partial charge in [-0.25, -0.2) is 0 Å². The Morgan fingerprint density at radius 1 is 1.44 bits per heavy atom. The van der Waals surface area contributed by atoms with E-state index < -0.39 is 0 Å². The SMILES string of the molecule is CNCc1ccc2c(c1)CCC(=O)N2CN. The zero-order chi connectivity index (χ0) is 11.5. The van der Waals surface area contributed by atoms with Crippen molar-refractivity contribution in [2.75, 3.05) is 18.6 Å². The number of carbonyl (C=O) groups is 1. The quantitative estimate of drug-likeness (QED) is 0.782. The van der Waals surface area contributed by atoms with Crippen LogP contribution in [0.3, 0.4) is 0 Å². The third kappa shape index (κ3) is 1.94. The molecule has 0 unspecified atom stereocenters. The highest BCUT2D eigenvalue weighted by atomic mass is 16.2. The summed E-state index contributed by atoms with van der Waals surface area (Å²) in [6, 6.07) is 6.18. The number of benzene rings is 1. The predicted octanol–water partition coefficient (Wildman–Crippen LogP) is 0.601. The molecule has 3 N–H and O–H groups in total. The van der Waals surface area contributed by atoms with Crippen molar-refractivity contribution in [1.82, 2.24) is 5.32 Å². The van der Waals surface area contributed by atoms with Crippen LogP contribution in [0.15, 0.2) is 18.2 Å². The summed E-state index contributed by atoms with van der Waals surface area (Å²) in [6.07, 6.45) is 1.38. The average molecular weight is 219 g/mol. The lowest BCUT2D eigenvalue weighted by atomic mass is 9.99. The van der Waals surface area contributed by atoms with Crippen molar-refractivity contribution in [3.63, 3.8) is 0 Å². The van der Waals surface area contributed by atoms with Crippen molar-refractivity contribution in [1.29, 1.82) is 0 Å². The molecule has 4 heteroatoms. The Kier molecular flexibility index (Phi) is 3.22. The van der Waals surface area contributed by atoms with E-state index in [0.29, 0.717) is 6.42 Å². The van der Waals surface area contributed by atoms with Crippen LogP contribution in [0.2, 0.25) is 0 Å². The van der Waals surface area contributed by atoms with Gasteiger partial charge in [0.2, 0.25) is 5.91 Å². The fourth-order valence-corrected chi connectivity index (χ4v) is 2.13. The molecule has 4 nitrogen and oxygen atoms in total. The third-order valence-electron chi connectivity index (χ3n) is 2.91. The molecule has 1 amide bonds. The molecule has 1 aliphatic rings. The molecule has 0 spiro atoms. The molecule has 0 radical (unpaired) electrons. The fraction of sp³-hybridized carbons (Fsp3) is 0.417. The molecule has 0 atom stereocenters. The molecule has 0 bridgehead atoms. The Morgan fingerprint density at radius 2 is 2.25 bits per heavy atom. The highest BCUT2D eigenvalue weighted by molar-refractivity contribution is 5.96. The van der Waals surface area contributed by atoms with Crippen LogP contribution in [0.5, 0.6) is 0 Å². The van der Waals surface area contributed by atoms with Crippen LogP contribution in [0.1, 0.15) is 17.5 Å². The van der Waals surface area contributed by atoms with Gasteiger partial charge in [0.25, 0.3) is 0 Å². The van der Waals surface area contributed by atoms with Gasteiger partial charge >= 0.3 is 0 Å². The van der Waals surface area contributed by atoms with Crippen molar-refractivity contribution >= 4 is 11.6 Å². The lowest BCUT2D eigenvalue weighted by Crippen LogP contribution is -2.39. The second kappa shape index (κ2) is 4.63. The number of nitrogens with one attached hydrogen (secondary N) is 1. The van der Waals surface area contributed by atoms with Crippen molar-refractivity contribution in [2.24, 2.45) is 5.73 Å². The van der Waals surface area contributed by atoms with Gasteiger partial charge in [0.15, 0.2) is 0 Å². The largest absolute Gasteiger partial charge is 0.316 e. The molecule has 2 rings (SSSR count). The van der Waals surface area contributed by atoms with E-state index in [1.54, 1.807) is 4.90 Å².